The molecule has 0 radical (unpaired) electrons. The Kier molecular flexibility index (Phi) is 5.23. The van der Waals surface area contributed by atoms with Gasteiger partial charge in [-0.1, -0.05) is 11.6 Å². The number of methoxy groups -OCH3 is 1. The van der Waals surface area contributed by atoms with Crippen molar-refractivity contribution in [1.29, 1.82) is 0 Å². The van der Waals surface area contributed by atoms with Crippen LogP contribution in [0.2, 0.25) is 5.02 Å². The smallest absolute Gasteiger partial charge is 0.363 e. The summed E-state index contributed by atoms with van der Waals surface area (Å²) in [4.78, 5) is 27.4. The molecule has 0 unspecified atom stereocenters. The van der Waals surface area contributed by atoms with Gasteiger partial charge >= 0.3 is 11.9 Å². The number of benzene rings is 2. The Morgan fingerprint density at radius 1 is 1.26 bits per heavy atom. The molecule has 0 saturated heterocycles. The summed E-state index contributed by atoms with van der Waals surface area (Å²) in [5.74, 6) is -1.24. The number of esters is 2. The number of ether oxygens (including phenoxy) is 3. The van der Waals surface area contributed by atoms with Crippen molar-refractivity contribution in [1.82, 2.24) is 0 Å². The molecule has 1 heterocycles. The van der Waals surface area contributed by atoms with Crippen LogP contribution < -0.4 is 9.47 Å². The van der Waals surface area contributed by atoms with Crippen LogP contribution in [0.3, 0.4) is 0 Å². The quantitative estimate of drug-likeness (QED) is 0.452. The van der Waals surface area contributed by atoms with Gasteiger partial charge in [-0.25, -0.2) is 14.2 Å². The van der Waals surface area contributed by atoms with Gasteiger partial charge in [0.2, 0.25) is 5.90 Å². The number of rotatable bonds is 4. The van der Waals surface area contributed by atoms with Crippen molar-refractivity contribution in [3.8, 4) is 11.5 Å². The third-order valence-corrected chi connectivity index (χ3v) is 3.79. The zero-order valence-corrected chi connectivity index (χ0v) is 15.0. The van der Waals surface area contributed by atoms with E-state index in [-0.39, 0.29) is 28.1 Å². The van der Waals surface area contributed by atoms with Gasteiger partial charge in [-0.05, 0) is 48.0 Å². The molecule has 0 N–H and O–H groups in total. The molecular formula is C19H13ClFNO5. The van der Waals surface area contributed by atoms with Crippen molar-refractivity contribution in [3.63, 3.8) is 0 Å². The van der Waals surface area contributed by atoms with Crippen LogP contribution in [0.4, 0.5) is 4.39 Å². The summed E-state index contributed by atoms with van der Waals surface area (Å²) in [5.41, 5.74) is 0.991. The van der Waals surface area contributed by atoms with Crippen molar-refractivity contribution in [2.24, 2.45) is 4.99 Å². The summed E-state index contributed by atoms with van der Waals surface area (Å²) in [7, 11) is 1.39. The van der Waals surface area contributed by atoms with Crippen molar-refractivity contribution in [3.05, 3.63) is 64.1 Å². The summed E-state index contributed by atoms with van der Waals surface area (Å²) in [6, 6.07) is 8.43. The van der Waals surface area contributed by atoms with Gasteiger partial charge in [0.25, 0.3) is 0 Å². The molecule has 138 valence electrons. The van der Waals surface area contributed by atoms with Gasteiger partial charge in [0, 0.05) is 12.5 Å². The van der Waals surface area contributed by atoms with E-state index >= 15 is 0 Å². The molecule has 0 fully saturated rings. The fraction of sp³-hybridized carbons (Fsp3) is 0.105. The third kappa shape index (κ3) is 4.15. The lowest BCUT2D eigenvalue weighted by Gasteiger charge is -2.10. The number of halogens is 2. The number of nitrogens with zero attached hydrogens (tertiary/aromatic N) is 1. The number of carbonyl (C=O) groups is 2. The molecule has 1 aliphatic heterocycles. The number of cyclic esters (lactones) is 1. The van der Waals surface area contributed by atoms with Gasteiger partial charge in [0.1, 0.15) is 5.82 Å². The fourth-order valence-electron chi connectivity index (χ4n) is 2.35. The van der Waals surface area contributed by atoms with Crippen LogP contribution in [-0.4, -0.2) is 24.9 Å². The zero-order chi connectivity index (χ0) is 19.6. The molecule has 0 spiro atoms. The van der Waals surface area contributed by atoms with Gasteiger partial charge in [-0.3, -0.25) is 4.79 Å². The average Bonchev–Trinajstić information content (AvgIpc) is 2.98. The molecule has 0 aliphatic carbocycles. The van der Waals surface area contributed by atoms with E-state index < -0.39 is 17.8 Å². The number of hydrogen-bond donors (Lipinski definition) is 0. The van der Waals surface area contributed by atoms with Crippen LogP contribution in [0.5, 0.6) is 11.5 Å². The molecule has 0 saturated carbocycles. The number of aliphatic imine (C=N–C) groups is 1. The maximum absolute atomic E-state index is 13.0. The summed E-state index contributed by atoms with van der Waals surface area (Å²) >= 11 is 6.14. The minimum absolute atomic E-state index is 0.0349. The Hall–Kier alpha value is -3.19. The first kappa shape index (κ1) is 18.6. The van der Waals surface area contributed by atoms with Crippen molar-refractivity contribution >= 4 is 35.5 Å². The predicted molar refractivity (Wildman–Crippen MR) is 96.3 cm³/mol. The number of hydrogen-bond acceptors (Lipinski definition) is 6. The molecule has 6 nitrogen and oxygen atoms in total. The molecule has 3 rings (SSSR count). The van der Waals surface area contributed by atoms with Gasteiger partial charge in [0.15, 0.2) is 17.2 Å². The highest BCUT2D eigenvalue weighted by Crippen LogP contribution is 2.37. The summed E-state index contributed by atoms with van der Waals surface area (Å²) in [6.45, 7) is 1.24. The van der Waals surface area contributed by atoms with E-state index in [1.54, 1.807) is 0 Å². The van der Waals surface area contributed by atoms with E-state index in [0.29, 0.717) is 11.1 Å². The van der Waals surface area contributed by atoms with E-state index in [1.165, 1.54) is 56.5 Å². The maximum Gasteiger partial charge on any atom is 0.363 e. The molecule has 0 aromatic heterocycles. The highest BCUT2D eigenvalue weighted by atomic mass is 35.5. The molecule has 8 heteroatoms. The van der Waals surface area contributed by atoms with Crippen LogP contribution in [-0.2, 0) is 14.3 Å². The van der Waals surface area contributed by atoms with Crippen LogP contribution in [0.25, 0.3) is 6.08 Å². The highest BCUT2D eigenvalue weighted by molar-refractivity contribution is 6.32. The first-order valence-electron chi connectivity index (χ1n) is 7.72. The SMILES string of the molecule is COc1cc(/C=C2/N=C(c3ccc(F)cc3)OC2=O)cc(Cl)c1OC(C)=O. The maximum atomic E-state index is 13.0. The van der Waals surface area contributed by atoms with Crippen molar-refractivity contribution in [2.45, 2.75) is 6.92 Å². The largest absolute Gasteiger partial charge is 0.493 e. The first-order chi connectivity index (χ1) is 12.9. The molecule has 2 aromatic rings. The molecule has 27 heavy (non-hydrogen) atoms. The Bertz CT molecular complexity index is 982. The molecule has 0 bridgehead atoms. The van der Waals surface area contributed by atoms with Crippen LogP contribution in [0.15, 0.2) is 47.1 Å². The highest BCUT2D eigenvalue weighted by Gasteiger charge is 2.24. The standard InChI is InChI=1S/C19H13ClFNO5/c1-10(23)26-17-14(20)7-11(9-16(17)25-2)8-15-19(24)27-18(22-15)12-3-5-13(21)6-4-12/h3-9H,1-2H3/b15-8+. The third-order valence-electron chi connectivity index (χ3n) is 3.51. The van der Waals surface area contributed by atoms with E-state index in [9.17, 15) is 14.0 Å². The lowest BCUT2D eigenvalue weighted by molar-refractivity contribution is -0.132. The second-order valence-corrected chi connectivity index (χ2v) is 5.88. The monoisotopic (exact) mass is 389 g/mol. The Balaban J connectivity index is 1.96. The van der Waals surface area contributed by atoms with Gasteiger partial charge in [-0.15, -0.1) is 0 Å². The Morgan fingerprint density at radius 3 is 2.59 bits per heavy atom. The van der Waals surface area contributed by atoms with Crippen LogP contribution in [0.1, 0.15) is 18.1 Å². The molecule has 0 atom stereocenters. The summed E-state index contributed by atoms with van der Waals surface area (Å²) in [6.07, 6.45) is 1.45. The van der Waals surface area contributed by atoms with E-state index in [0.717, 1.165) is 0 Å². The van der Waals surface area contributed by atoms with E-state index in [1.807, 2.05) is 0 Å². The molecule has 0 amide bonds. The average molecular weight is 390 g/mol. The van der Waals surface area contributed by atoms with Crippen molar-refractivity contribution < 1.29 is 28.2 Å². The predicted octanol–water partition coefficient (Wildman–Crippen LogP) is 3.76. The summed E-state index contributed by atoms with van der Waals surface area (Å²) in [5, 5.41) is 0.130. The Morgan fingerprint density at radius 2 is 1.96 bits per heavy atom. The Labute approximate surface area is 158 Å². The number of carbonyl (C=O) groups excluding carboxylic acids is 2. The topological polar surface area (TPSA) is 74.2 Å². The second kappa shape index (κ2) is 7.59. The lowest BCUT2D eigenvalue weighted by atomic mass is 10.1. The zero-order valence-electron chi connectivity index (χ0n) is 14.3. The molecule has 1 aliphatic rings. The normalized spacial score (nSPS) is 14.7. The van der Waals surface area contributed by atoms with Crippen LogP contribution >= 0.6 is 11.6 Å². The summed E-state index contributed by atoms with van der Waals surface area (Å²) < 4.78 is 28.4. The minimum atomic E-state index is -0.659. The van der Waals surface area contributed by atoms with Crippen molar-refractivity contribution in [2.75, 3.05) is 7.11 Å². The second-order valence-electron chi connectivity index (χ2n) is 5.47. The molecule has 2 aromatic carbocycles. The van der Waals surface area contributed by atoms with Gasteiger partial charge in [-0.2, -0.15) is 0 Å². The van der Waals surface area contributed by atoms with Crippen LogP contribution in [0, 0.1) is 5.82 Å². The first-order valence-corrected chi connectivity index (χ1v) is 8.09. The molecular weight excluding hydrogens is 377 g/mol. The fourth-order valence-corrected chi connectivity index (χ4v) is 2.61. The van der Waals surface area contributed by atoms with E-state index in [4.69, 9.17) is 25.8 Å². The van der Waals surface area contributed by atoms with Gasteiger partial charge in [0.05, 0.1) is 12.1 Å². The lowest BCUT2D eigenvalue weighted by Crippen LogP contribution is -2.05. The van der Waals surface area contributed by atoms with Gasteiger partial charge < -0.3 is 14.2 Å². The van der Waals surface area contributed by atoms with E-state index in [2.05, 4.69) is 4.99 Å². The minimum Gasteiger partial charge on any atom is -0.493 e.